The van der Waals surface area contributed by atoms with Crippen LogP contribution in [-0.4, -0.2) is 49.0 Å². The summed E-state index contributed by atoms with van der Waals surface area (Å²) in [5.74, 6) is -2.36. The fourth-order valence-electron chi connectivity index (χ4n) is 3.45. The standard InChI is InChI=1S/C17H25F2N3OS/c1-12-4-6-22(7-5-12)14(15-3-2-8-24-15)10-20-16(23)13-9-17(18,19)11-21-13/h2-3,8,12-14,21H,4-7,9-11H2,1H3,(H,20,23). The summed E-state index contributed by atoms with van der Waals surface area (Å²) in [6.45, 7) is 4.35. The summed E-state index contributed by atoms with van der Waals surface area (Å²) in [6, 6.07) is 3.44. The molecule has 2 unspecified atom stereocenters. The minimum absolute atomic E-state index is 0.128. The highest BCUT2D eigenvalue weighted by molar-refractivity contribution is 7.10. The molecule has 1 aromatic rings. The Morgan fingerprint density at radius 2 is 2.25 bits per heavy atom. The molecule has 1 aromatic heterocycles. The third-order valence-corrected chi connectivity index (χ3v) is 6.00. The lowest BCUT2D eigenvalue weighted by Gasteiger charge is -2.36. The number of hydrogen-bond acceptors (Lipinski definition) is 4. The molecule has 24 heavy (non-hydrogen) atoms. The molecule has 0 bridgehead atoms. The van der Waals surface area contributed by atoms with Crippen LogP contribution in [0.3, 0.4) is 0 Å². The molecule has 7 heteroatoms. The van der Waals surface area contributed by atoms with E-state index in [1.54, 1.807) is 11.3 Å². The zero-order chi connectivity index (χ0) is 17.2. The number of piperidine rings is 1. The first-order valence-electron chi connectivity index (χ1n) is 8.61. The van der Waals surface area contributed by atoms with E-state index in [1.165, 1.54) is 4.88 Å². The topological polar surface area (TPSA) is 44.4 Å². The second-order valence-corrected chi connectivity index (χ2v) is 7.97. The first-order chi connectivity index (χ1) is 11.4. The third-order valence-electron chi connectivity index (χ3n) is 5.03. The maximum Gasteiger partial charge on any atom is 0.262 e. The largest absolute Gasteiger partial charge is 0.353 e. The van der Waals surface area contributed by atoms with Crippen molar-refractivity contribution in [1.82, 2.24) is 15.5 Å². The average Bonchev–Trinajstić information content (AvgIpc) is 3.18. The summed E-state index contributed by atoms with van der Waals surface area (Å²) < 4.78 is 26.5. The molecular formula is C17H25F2N3OS. The van der Waals surface area contributed by atoms with E-state index < -0.39 is 24.9 Å². The van der Waals surface area contributed by atoms with Crippen LogP contribution < -0.4 is 10.6 Å². The summed E-state index contributed by atoms with van der Waals surface area (Å²) in [4.78, 5) is 15.8. The van der Waals surface area contributed by atoms with E-state index in [1.807, 2.05) is 11.4 Å². The van der Waals surface area contributed by atoms with Gasteiger partial charge in [0.15, 0.2) is 0 Å². The van der Waals surface area contributed by atoms with Crippen molar-refractivity contribution < 1.29 is 13.6 Å². The third kappa shape index (κ3) is 4.32. The van der Waals surface area contributed by atoms with E-state index in [4.69, 9.17) is 0 Å². The number of carbonyl (C=O) groups is 1. The molecule has 4 nitrogen and oxygen atoms in total. The van der Waals surface area contributed by atoms with Crippen molar-refractivity contribution in [2.45, 2.75) is 44.2 Å². The molecule has 0 spiro atoms. The van der Waals surface area contributed by atoms with Gasteiger partial charge in [-0.15, -0.1) is 11.3 Å². The van der Waals surface area contributed by atoms with Gasteiger partial charge in [0.05, 0.1) is 18.6 Å². The molecule has 134 valence electrons. The van der Waals surface area contributed by atoms with Gasteiger partial charge in [-0.2, -0.15) is 0 Å². The number of alkyl halides is 2. The minimum Gasteiger partial charge on any atom is -0.353 e. The van der Waals surface area contributed by atoms with E-state index in [-0.39, 0.29) is 11.9 Å². The van der Waals surface area contributed by atoms with E-state index in [2.05, 4.69) is 28.5 Å². The Bertz CT molecular complexity index is 544. The fourth-order valence-corrected chi connectivity index (χ4v) is 4.31. The molecule has 2 atom stereocenters. The Morgan fingerprint density at radius 3 is 2.83 bits per heavy atom. The molecule has 0 aromatic carbocycles. The van der Waals surface area contributed by atoms with Crippen molar-refractivity contribution in [3.8, 4) is 0 Å². The Hall–Kier alpha value is -1.05. The Morgan fingerprint density at radius 1 is 1.50 bits per heavy atom. The van der Waals surface area contributed by atoms with Crippen LogP contribution in [0.5, 0.6) is 0 Å². The predicted octanol–water partition coefficient (Wildman–Crippen LogP) is 2.63. The number of hydrogen-bond donors (Lipinski definition) is 2. The second kappa shape index (κ2) is 7.45. The van der Waals surface area contributed by atoms with Crippen LogP contribution in [0, 0.1) is 5.92 Å². The average molecular weight is 357 g/mol. The van der Waals surface area contributed by atoms with Crippen molar-refractivity contribution in [2.75, 3.05) is 26.2 Å². The van der Waals surface area contributed by atoms with Crippen LogP contribution in [0.25, 0.3) is 0 Å². The zero-order valence-electron chi connectivity index (χ0n) is 13.9. The fraction of sp³-hybridized carbons (Fsp3) is 0.706. The van der Waals surface area contributed by atoms with Gasteiger partial charge >= 0.3 is 0 Å². The van der Waals surface area contributed by atoms with Gasteiger partial charge in [0.2, 0.25) is 5.91 Å². The molecule has 1 amide bonds. The molecule has 3 rings (SSSR count). The van der Waals surface area contributed by atoms with Crippen molar-refractivity contribution >= 4 is 17.2 Å². The Labute approximate surface area is 145 Å². The summed E-state index contributed by atoms with van der Waals surface area (Å²) in [6.07, 6.45) is 1.90. The van der Waals surface area contributed by atoms with Gasteiger partial charge in [0, 0.05) is 17.8 Å². The number of thiophene rings is 1. The van der Waals surface area contributed by atoms with E-state index in [0.717, 1.165) is 31.8 Å². The molecule has 3 heterocycles. The highest BCUT2D eigenvalue weighted by atomic mass is 32.1. The second-order valence-electron chi connectivity index (χ2n) is 6.99. The first-order valence-corrected chi connectivity index (χ1v) is 9.49. The molecule has 2 saturated heterocycles. The van der Waals surface area contributed by atoms with Gasteiger partial charge in [0.1, 0.15) is 0 Å². The molecule has 2 fully saturated rings. The number of halogens is 2. The molecule has 2 aliphatic heterocycles. The van der Waals surface area contributed by atoms with Gasteiger partial charge in [0.25, 0.3) is 5.92 Å². The maximum absolute atomic E-state index is 13.3. The Kier molecular flexibility index (Phi) is 5.52. The van der Waals surface area contributed by atoms with Gasteiger partial charge in [-0.1, -0.05) is 13.0 Å². The summed E-state index contributed by atoms with van der Waals surface area (Å²) in [5.41, 5.74) is 0. The number of amides is 1. The van der Waals surface area contributed by atoms with E-state index in [0.29, 0.717) is 6.54 Å². The summed E-state index contributed by atoms with van der Waals surface area (Å²) in [5, 5.41) is 7.54. The van der Waals surface area contributed by atoms with E-state index >= 15 is 0 Å². The van der Waals surface area contributed by atoms with Crippen molar-refractivity contribution in [1.29, 1.82) is 0 Å². The number of nitrogens with one attached hydrogen (secondary N) is 2. The molecule has 0 aliphatic carbocycles. The first kappa shape index (κ1) is 17.8. The predicted molar refractivity (Wildman–Crippen MR) is 91.4 cm³/mol. The number of likely N-dealkylation sites (tertiary alicyclic amines) is 1. The quantitative estimate of drug-likeness (QED) is 0.852. The lowest BCUT2D eigenvalue weighted by Crippen LogP contribution is -2.46. The minimum atomic E-state index is -2.78. The molecule has 0 saturated carbocycles. The van der Waals surface area contributed by atoms with Gasteiger partial charge in [-0.3, -0.25) is 15.0 Å². The SMILES string of the molecule is CC1CCN(C(CNC(=O)C2CC(F)(F)CN2)c2cccs2)CC1. The van der Waals surface area contributed by atoms with Crippen molar-refractivity contribution in [3.63, 3.8) is 0 Å². The lowest BCUT2D eigenvalue weighted by molar-refractivity contribution is -0.123. The highest BCUT2D eigenvalue weighted by Gasteiger charge is 2.42. The van der Waals surface area contributed by atoms with Crippen LogP contribution in [0.2, 0.25) is 0 Å². The summed E-state index contributed by atoms with van der Waals surface area (Å²) >= 11 is 1.68. The van der Waals surface area contributed by atoms with Gasteiger partial charge < -0.3 is 5.32 Å². The maximum atomic E-state index is 13.3. The molecule has 2 aliphatic rings. The van der Waals surface area contributed by atoms with Crippen molar-refractivity contribution in [3.05, 3.63) is 22.4 Å². The van der Waals surface area contributed by atoms with Crippen LogP contribution >= 0.6 is 11.3 Å². The number of rotatable bonds is 5. The smallest absolute Gasteiger partial charge is 0.262 e. The Balaban J connectivity index is 1.59. The number of nitrogens with zero attached hydrogens (tertiary/aromatic N) is 1. The zero-order valence-corrected chi connectivity index (χ0v) is 14.7. The van der Waals surface area contributed by atoms with Gasteiger partial charge in [-0.25, -0.2) is 8.78 Å². The van der Waals surface area contributed by atoms with Crippen molar-refractivity contribution in [2.24, 2.45) is 5.92 Å². The van der Waals surface area contributed by atoms with Crippen LogP contribution in [-0.2, 0) is 4.79 Å². The van der Waals surface area contributed by atoms with Gasteiger partial charge in [-0.05, 0) is 43.3 Å². The lowest BCUT2D eigenvalue weighted by atomic mass is 9.97. The normalized spacial score (nSPS) is 26.4. The number of carbonyl (C=O) groups excluding carboxylic acids is 1. The van der Waals surface area contributed by atoms with E-state index in [9.17, 15) is 13.6 Å². The highest BCUT2D eigenvalue weighted by Crippen LogP contribution is 2.29. The monoisotopic (exact) mass is 357 g/mol. The summed E-state index contributed by atoms with van der Waals surface area (Å²) in [7, 11) is 0. The van der Waals surface area contributed by atoms with Crippen LogP contribution in [0.4, 0.5) is 8.78 Å². The molecular weight excluding hydrogens is 332 g/mol. The van der Waals surface area contributed by atoms with Crippen LogP contribution in [0.1, 0.15) is 37.1 Å². The van der Waals surface area contributed by atoms with Crippen LogP contribution in [0.15, 0.2) is 17.5 Å². The molecule has 2 N–H and O–H groups in total. The molecule has 0 radical (unpaired) electrons.